The van der Waals surface area contributed by atoms with Gasteiger partial charge in [0.1, 0.15) is 0 Å². The number of aromatic nitrogens is 2. The fourth-order valence-electron chi connectivity index (χ4n) is 1.77. The zero-order chi connectivity index (χ0) is 10.4. The van der Waals surface area contributed by atoms with Gasteiger partial charge in [-0.1, -0.05) is 23.5 Å². The molecule has 3 rings (SSSR count). The van der Waals surface area contributed by atoms with Crippen molar-refractivity contribution in [1.82, 2.24) is 9.38 Å². The van der Waals surface area contributed by atoms with Crippen LogP contribution in [0.25, 0.3) is 15.2 Å². The summed E-state index contributed by atoms with van der Waals surface area (Å²) in [5, 5.41) is 0. The van der Waals surface area contributed by atoms with Gasteiger partial charge in [-0.2, -0.15) is 0 Å². The van der Waals surface area contributed by atoms with Crippen molar-refractivity contribution in [1.29, 1.82) is 0 Å². The molecule has 4 heteroatoms. The summed E-state index contributed by atoms with van der Waals surface area (Å²) < 4.78 is 2.78. The SMILES string of the molecule is Cc1cccc2sc3nccc(=O)n3c12. The lowest BCUT2D eigenvalue weighted by molar-refractivity contribution is 1.11. The van der Waals surface area contributed by atoms with Crippen LogP contribution >= 0.6 is 11.3 Å². The summed E-state index contributed by atoms with van der Waals surface area (Å²) in [5.74, 6) is 0. The maximum Gasteiger partial charge on any atom is 0.258 e. The lowest BCUT2D eigenvalue weighted by atomic mass is 10.2. The number of rotatable bonds is 0. The van der Waals surface area contributed by atoms with E-state index in [1.807, 2.05) is 25.1 Å². The van der Waals surface area contributed by atoms with Crippen LogP contribution < -0.4 is 5.56 Å². The first-order valence-electron chi connectivity index (χ1n) is 4.63. The Bertz CT molecular complexity index is 711. The number of thiazole rings is 1. The molecule has 0 aliphatic rings. The van der Waals surface area contributed by atoms with Gasteiger partial charge < -0.3 is 0 Å². The van der Waals surface area contributed by atoms with E-state index in [9.17, 15) is 4.79 Å². The van der Waals surface area contributed by atoms with Crippen LogP contribution in [-0.4, -0.2) is 9.38 Å². The standard InChI is InChI=1S/C11H8N2OS/c1-7-3-2-4-8-10(7)13-9(14)5-6-12-11(13)15-8/h2-6H,1H3. The number of hydrogen-bond donors (Lipinski definition) is 0. The van der Waals surface area contributed by atoms with E-state index in [4.69, 9.17) is 0 Å². The van der Waals surface area contributed by atoms with Gasteiger partial charge in [0.15, 0.2) is 4.96 Å². The van der Waals surface area contributed by atoms with Crippen molar-refractivity contribution in [3.05, 3.63) is 46.4 Å². The Morgan fingerprint density at radius 3 is 3.07 bits per heavy atom. The van der Waals surface area contributed by atoms with E-state index in [0.717, 1.165) is 20.7 Å². The smallest absolute Gasteiger partial charge is 0.258 e. The average molecular weight is 216 g/mol. The molecule has 0 aliphatic carbocycles. The minimum absolute atomic E-state index is 0.0134. The third-order valence-electron chi connectivity index (χ3n) is 2.44. The lowest BCUT2D eigenvalue weighted by Crippen LogP contribution is -2.10. The van der Waals surface area contributed by atoms with Crippen LogP contribution in [0.4, 0.5) is 0 Å². The average Bonchev–Trinajstić information content (AvgIpc) is 2.58. The van der Waals surface area contributed by atoms with Gasteiger partial charge in [0.05, 0.1) is 10.2 Å². The predicted molar refractivity (Wildman–Crippen MR) is 61.6 cm³/mol. The van der Waals surface area contributed by atoms with Gasteiger partial charge in [-0.3, -0.25) is 9.20 Å². The van der Waals surface area contributed by atoms with Crippen molar-refractivity contribution < 1.29 is 0 Å². The third kappa shape index (κ3) is 1.11. The predicted octanol–water partition coefficient (Wildman–Crippen LogP) is 2.22. The molecular weight excluding hydrogens is 208 g/mol. The Hall–Kier alpha value is -1.68. The Morgan fingerprint density at radius 1 is 1.33 bits per heavy atom. The van der Waals surface area contributed by atoms with E-state index in [2.05, 4.69) is 4.98 Å². The number of benzene rings is 1. The number of fused-ring (bicyclic) bond motifs is 3. The third-order valence-corrected chi connectivity index (χ3v) is 3.46. The molecule has 2 heterocycles. The second-order valence-electron chi connectivity index (χ2n) is 3.42. The fourth-order valence-corrected chi connectivity index (χ4v) is 2.85. The highest BCUT2D eigenvalue weighted by molar-refractivity contribution is 7.23. The van der Waals surface area contributed by atoms with E-state index in [1.54, 1.807) is 21.9 Å². The molecule has 1 aromatic carbocycles. The van der Waals surface area contributed by atoms with Gasteiger partial charge in [-0.05, 0) is 18.6 Å². The molecule has 2 aromatic heterocycles. The van der Waals surface area contributed by atoms with Gasteiger partial charge in [-0.15, -0.1) is 0 Å². The maximum atomic E-state index is 11.7. The van der Waals surface area contributed by atoms with E-state index < -0.39 is 0 Å². The van der Waals surface area contributed by atoms with Gasteiger partial charge in [0.25, 0.3) is 5.56 Å². The van der Waals surface area contributed by atoms with Crippen molar-refractivity contribution in [3.63, 3.8) is 0 Å². The minimum atomic E-state index is -0.0134. The molecular formula is C11H8N2OS. The van der Waals surface area contributed by atoms with E-state index in [1.165, 1.54) is 6.07 Å². The molecule has 0 N–H and O–H groups in total. The van der Waals surface area contributed by atoms with E-state index in [0.29, 0.717) is 0 Å². The quantitative estimate of drug-likeness (QED) is 0.577. The minimum Gasteiger partial charge on any atom is -0.269 e. The molecule has 0 saturated heterocycles. The zero-order valence-electron chi connectivity index (χ0n) is 8.10. The molecule has 74 valence electrons. The Balaban J connectivity index is 2.74. The summed E-state index contributed by atoms with van der Waals surface area (Å²) in [7, 11) is 0. The highest BCUT2D eigenvalue weighted by Crippen LogP contribution is 2.25. The molecule has 0 spiro atoms. The van der Waals surface area contributed by atoms with Crippen molar-refractivity contribution in [2.45, 2.75) is 6.92 Å². The van der Waals surface area contributed by atoms with E-state index in [-0.39, 0.29) is 5.56 Å². The molecule has 0 unspecified atom stereocenters. The first kappa shape index (κ1) is 8.61. The number of hydrogen-bond acceptors (Lipinski definition) is 3. The molecule has 0 radical (unpaired) electrons. The first-order valence-corrected chi connectivity index (χ1v) is 5.45. The Morgan fingerprint density at radius 2 is 2.20 bits per heavy atom. The number of para-hydroxylation sites is 1. The van der Waals surface area contributed by atoms with Gasteiger partial charge in [0, 0.05) is 12.3 Å². The number of aryl methyl sites for hydroxylation is 1. The second-order valence-corrected chi connectivity index (χ2v) is 4.43. The van der Waals surface area contributed by atoms with Gasteiger partial charge in [-0.25, -0.2) is 4.98 Å². The summed E-state index contributed by atoms with van der Waals surface area (Å²) in [6, 6.07) is 7.51. The van der Waals surface area contributed by atoms with Crippen molar-refractivity contribution in [3.8, 4) is 0 Å². The Kier molecular flexibility index (Phi) is 1.67. The van der Waals surface area contributed by atoms with Crippen molar-refractivity contribution in [2.24, 2.45) is 0 Å². The fraction of sp³-hybridized carbons (Fsp3) is 0.0909. The summed E-state index contributed by atoms with van der Waals surface area (Å²) in [6.45, 7) is 2.01. The van der Waals surface area contributed by atoms with Crippen LogP contribution in [0.3, 0.4) is 0 Å². The van der Waals surface area contributed by atoms with Crippen LogP contribution in [0.2, 0.25) is 0 Å². The molecule has 3 nitrogen and oxygen atoms in total. The molecule has 3 aromatic rings. The van der Waals surface area contributed by atoms with Crippen molar-refractivity contribution in [2.75, 3.05) is 0 Å². The topological polar surface area (TPSA) is 34.4 Å². The van der Waals surface area contributed by atoms with Crippen LogP contribution in [0.1, 0.15) is 5.56 Å². The van der Waals surface area contributed by atoms with Crippen LogP contribution in [0, 0.1) is 6.92 Å². The second kappa shape index (κ2) is 2.90. The highest BCUT2D eigenvalue weighted by Gasteiger charge is 2.07. The molecule has 0 fully saturated rings. The molecule has 0 bridgehead atoms. The largest absolute Gasteiger partial charge is 0.269 e. The number of nitrogens with zero attached hydrogens (tertiary/aromatic N) is 2. The van der Waals surface area contributed by atoms with Gasteiger partial charge >= 0.3 is 0 Å². The Labute approximate surface area is 89.6 Å². The molecule has 15 heavy (non-hydrogen) atoms. The highest BCUT2D eigenvalue weighted by atomic mass is 32.1. The molecule has 0 atom stereocenters. The van der Waals surface area contributed by atoms with Crippen LogP contribution in [-0.2, 0) is 0 Å². The summed E-state index contributed by atoms with van der Waals surface area (Å²) in [6.07, 6.45) is 1.56. The maximum absolute atomic E-state index is 11.7. The molecule has 0 saturated carbocycles. The zero-order valence-corrected chi connectivity index (χ0v) is 8.91. The molecule has 0 aliphatic heterocycles. The van der Waals surface area contributed by atoms with Crippen LogP contribution in [0.5, 0.6) is 0 Å². The summed E-state index contributed by atoms with van der Waals surface area (Å²) in [4.78, 5) is 16.7. The summed E-state index contributed by atoms with van der Waals surface area (Å²) >= 11 is 1.54. The monoisotopic (exact) mass is 216 g/mol. The van der Waals surface area contributed by atoms with Crippen LogP contribution in [0.15, 0.2) is 35.3 Å². The summed E-state index contributed by atoms with van der Waals surface area (Å²) in [5.41, 5.74) is 2.07. The first-order chi connectivity index (χ1) is 7.27. The van der Waals surface area contributed by atoms with Gasteiger partial charge in [0.2, 0.25) is 0 Å². The van der Waals surface area contributed by atoms with E-state index >= 15 is 0 Å². The van der Waals surface area contributed by atoms with Crippen molar-refractivity contribution >= 4 is 26.5 Å². The lowest BCUT2D eigenvalue weighted by Gasteiger charge is -1.96. The molecule has 0 amide bonds. The normalized spacial score (nSPS) is 11.3.